The number of fused-ring (bicyclic) bond motifs is 1. The number of aromatic nitrogens is 5. The molecular weight excluding hydrogens is 330 g/mol. The van der Waals surface area contributed by atoms with E-state index in [1.165, 1.54) is 7.11 Å². The fourth-order valence-corrected chi connectivity index (χ4v) is 2.86. The molecule has 0 aliphatic rings. The van der Waals surface area contributed by atoms with Crippen LogP contribution in [0.2, 0.25) is 0 Å². The normalized spacial score (nSPS) is 11.0. The third-order valence-electron chi connectivity index (χ3n) is 4.22. The average molecular weight is 347 g/mol. The average Bonchev–Trinajstić information content (AvgIpc) is 3.33. The fourth-order valence-electron chi connectivity index (χ4n) is 2.86. The van der Waals surface area contributed by atoms with Gasteiger partial charge in [-0.05, 0) is 24.3 Å². The van der Waals surface area contributed by atoms with Gasteiger partial charge in [0.05, 0.1) is 42.8 Å². The van der Waals surface area contributed by atoms with Crippen LogP contribution in [0.1, 0.15) is 10.4 Å². The summed E-state index contributed by atoms with van der Waals surface area (Å²) in [4.78, 5) is 16.1. The number of aryl methyl sites for hydroxylation is 2. The number of imidazole rings is 1. The monoisotopic (exact) mass is 347 g/mol. The highest BCUT2D eigenvalue weighted by Crippen LogP contribution is 2.18. The Morgan fingerprint density at radius 1 is 1.12 bits per heavy atom. The molecule has 0 unspecified atom stereocenters. The van der Waals surface area contributed by atoms with E-state index < -0.39 is 0 Å². The van der Waals surface area contributed by atoms with Gasteiger partial charge in [-0.2, -0.15) is 0 Å². The molecule has 0 spiro atoms. The molecule has 7 heteroatoms. The van der Waals surface area contributed by atoms with Crippen LogP contribution in [0.4, 0.5) is 0 Å². The minimum atomic E-state index is -0.369. The van der Waals surface area contributed by atoms with Crippen molar-refractivity contribution in [2.75, 3.05) is 7.11 Å². The molecule has 26 heavy (non-hydrogen) atoms. The lowest BCUT2D eigenvalue weighted by molar-refractivity contribution is 0.0601. The summed E-state index contributed by atoms with van der Waals surface area (Å²) in [5.41, 5.74) is 4.10. The van der Waals surface area contributed by atoms with E-state index in [1.807, 2.05) is 42.9 Å². The molecule has 4 aromatic rings. The lowest BCUT2D eigenvalue weighted by atomic mass is 10.1. The molecule has 0 atom stereocenters. The Kier molecular flexibility index (Phi) is 4.18. The maximum absolute atomic E-state index is 11.7. The van der Waals surface area contributed by atoms with Crippen molar-refractivity contribution in [1.82, 2.24) is 24.5 Å². The molecule has 0 N–H and O–H groups in total. The second-order valence-corrected chi connectivity index (χ2v) is 5.87. The summed E-state index contributed by atoms with van der Waals surface area (Å²) >= 11 is 0. The van der Waals surface area contributed by atoms with E-state index in [2.05, 4.69) is 19.9 Å². The predicted molar refractivity (Wildman–Crippen MR) is 96.5 cm³/mol. The van der Waals surface area contributed by atoms with Gasteiger partial charge in [-0.3, -0.25) is 4.68 Å². The van der Waals surface area contributed by atoms with E-state index in [0.717, 1.165) is 23.1 Å². The van der Waals surface area contributed by atoms with E-state index in [0.29, 0.717) is 17.8 Å². The van der Waals surface area contributed by atoms with Crippen molar-refractivity contribution in [2.45, 2.75) is 13.1 Å². The van der Waals surface area contributed by atoms with Crippen LogP contribution in [0.15, 0.2) is 61.1 Å². The number of carbonyl (C=O) groups excluding carboxylic acids is 1. The van der Waals surface area contributed by atoms with Crippen LogP contribution in [-0.2, 0) is 17.8 Å². The summed E-state index contributed by atoms with van der Waals surface area (Å²) in [6, 6.07) is 15.2. The van der Waals surface area contributed by atoms with Crippen molar-refractivity contribution in [3.63, 3.8) is 0 Å². The Morgan fingerprint density at radius 2 is 2.00 bits per heavy atom. The Labute approximate surface area is 149 Å². The van der Waals surface area contributed by atoms with Gasteiger partial charge < -0.3 is 9.30 Å². The summed E-state index contributed by atoms with van der Waals surface area (Å²) in [5, 5.41) is 8.39. The summed E-state index contributed by atoms with van der Waals surface area (Å²) in [7, 11) is 1.37. The number of hydrogen-bond acceptors (Lipinski definition) is 5. The molecular formula is C19H17N5O2. The van der Waals surface area contributed by atoms with Crippen LogP contribution in [0, 0.1) is 0 Å². The van der Waals surface area contributed by atoms with E-state index >= 15 is 0 Å². The molecule has 2 heterocycles. The molecule has 130 valence electrons. The van der Waals surface area contributed by atoms with Crippen molar-refractivity contribution < 1.29 is 9.53 Å². The molecule has 0 aliphatic carbocycles. The van der Waals surface area contributed by atoms with Crippen LogP contribution in [-0.4, -0.2) is 37.6 Å². The first-order valence-electron chi connectivity index (χ1n) is 8.23. The summed E-state index contributed by atoms with van der Waals surface area (Å²) in [5.74, 6) is -0.369. The first-order valence-corrected chi connectivity index (χ1v) is 8.23. The number of ether oxygens (including phenoxy) is 1. The predicted octanol–water partition coefficient (Wildman–Crippen LogP) is 2.78. The van der Waals surface area contributed by atoms with Crippen molar-refractivity contribution >= 4 is 17.0 Å². The van der Waals surface area contributed by atoms with Gasteiger partial charge in [0.25, 0.3) is 0 Å². The van der Waals surface area contributed by atoms with Gasteiger partial charge in [-0.15, -0.1) is 5.10 Å². The van der Waals surface area contributed by atoms with Crippen molar-refractivity contribution in [1.29, 1.82) is 0 Å². The lowest BCUT2D eigenvalue weighted by Crippen LogP contribution is -2.07. The highest BCUT2D eigenvalue weighted by molar-refractivity contribution is 5.90. The number of para-hydroxylation sites is 2. The standard InChI is InChI=1S/C19H17N5O2/c1-26-19(25)15-6-4-5-14(11-15)17-12-24(22-21-17)10-9-23-13-20-16-7-2-3-8-18(16)23/h2-8,11-13H,9-10H2,1H3. The van der Waals surface area contributed by atoms with E-state index in [4.69, 9.17) is 4.74 Å². The molecule has 0 bridgehead atoms. The Morgan fingerprint density at radius 3 is 2.88 bits per heavy atom. The molecule has 0 saturated carbocycles. The molecule has 2 aromatic carbocycles. The fraction of sp³-hybridized carbons (Fsp3) is 0.158. The van der Waals surface area contributed by atoms with E-state index in [1.54, 1.807) is 22.9 Å². The molecule has 0 radical (unpaired) electrons. The summed E-state index contributed by atoms with van der Waals surface area (Å²) in [6.07, 6.45) is 3.71. The minimum absolute atomic E-state index is 0.369. The van der Waals surface area contributed by atoms with Crippen molar-refractivity contribution in [3.05, 3.63) is 66.6 Å². The van der Waals surface area contributed by atoms with Crippen LogP contribution < -0.4 is 0 Å². The van der Waals surface area contributed by atoms with Crippen LogP contribution in [0.5, 0.6) is 0 Å². The second kappa shape index (κ2) is 6.79. The number of carbonyl (C=O) groups is 1. The van der Waals surface area contributed by atoms with Gasteiger partial charge in [0.1, 0.15) is 5.69 Å². The van der Waals surface area contributed by atoms with Gasteiger partial charge in [0.15, 0.2) is 0 Å². The second-order valence-electron chi connectivity index (χ2n) is 5.87. The Balaban J connectivity index is 1.51. The number of rotatable bonds is 5. The highest BCUT2D eigenvalue weighted by atomic mass is 16.5. The summed E-state index contributed by atoms with van der Waals surface area (Å²) < 4.78 is 8.64. The zero-order valence-electron chi connectivity index (χ0n) is 14.2. The smallest absolute Gasteiger partial charge is 0.337 e. The minimum Gasteiger partial charge on any atom is -0.465 e. The highest BCUT2D eigenvalue weighted by Gasteiger charge is 2.09. The van der Waals surface area contributed by atoms with Crippen LogP contribution in [0.3, 0.4) is 0 Å². The van der Waals surface area contributed by atoms with Crippen LogP contribution in [0.25, 0.3) is 22.3 Å². The maximum atomic E-state index is 11.7. The van der Waals surface area contributed by atoms with Gasteiger partial charge in [-0.25, -0.2) is 9.78 Å². The first kappa shape index (κ1) is 16.0. The van der Waals surface area contributed by atoms with Gasteiger partial charge in [-0.1, -0.05) is 29.5 Å². The number of esters is 1. The molecule has 0 saturated heterocycles. The molecule has 0 fully saturated rings. The number of benzene rings is 2. The lowest BCUT2D eigenvalue weighted by Gasteiger charge is -2.04. The SMILES string of the molecule is COC(=O)c1cccc(-c2cn(CCn3cnc4ccccc43)nn2)c1. The van der Waals surface area contributed by atoms with Crippen molar-refractivity contribution in [3.8, 4) is 11.3 Å². The summed E-state index contributed by atoms with van der Waals surface area (Å²) in [6.45, 7) is 1.41. The van der Waals surface area contributed by atoms with Gasteiger partial charge in [0.2, 0.25) is 0 Å². The quantitative estimate of drug-likeness (QED) is 0.519. The van der Waals surface area contributed by atoms with E-state index in [9.17, 15) is 4.79 Å². The van der Waals surface area contributed by atoms with E-state index in [-0.39, 0.29) is 5.97 Å². The number of methoxy groups -OCH3 is 1. The number of hydrogen-bond donors (Lipinski definition) is 0. The molecule has 0 aliphatic heterocycles. The third-order valence-corrected chi connectivity index (χ3v) is 4.22. The third kappa shape index (κ3) is 3.06. The molecule has 7 nitrogen and oxygen atoms in total. The Bertz CT molecular complexity index is 1070. The number of nitrogens with zero attached hydrogens (tertiary/aromatic N) is 5. The van der Waals surface area contributed by atoms with Gasteiger partial charge in [0, 0.05) is 12.1 Å². The van der Waals surface area contributed by atoms with Gasteiger partial charge >= 0.3 is 5.97 Å². The zero-order valence-corrected chi connectivity index (χ0v) is 14.2. The topological polar surface area (TPSA) is 74.8 Å². The Hall–Kier alpha value is -3.48. The van der Waals surface area contributed by atoms with Crippen molar-refractivity contribution in [2.24, 2.45) is 0 Å². The molecule has 4 rings (SSSR count). The maximum Gasteiger partial charge on any atom is 0.337 e. The largest absolute Gasteiger partial charge is 0.465 e. The molecule has 2 aromatic heterocycles. The van der Waals surface area contributed by atoms with Crippen LogP contribution >= 0.6 is 0 Å². The first-order chi connectivity index (χ1) is 12.7. The zero-order chi connectivity index (χ0) is 17.9. The molecule has 0 amide bonds.